The van der Waals surface area contributed by atoms with E-state index in [-0.39, 0.29) is 5.02 Å². The van der Waals surface area contributed by atoms with E-state index in [0.29, 0.717) is 17.3 Å². The standard InChI is InChI=1S/C15H18ClFN4S/c1-4-21-9-11(10(2)19-21)8-20(3)15(22)18-12-5-6-14(17)13(16)7-12/h5-7,9H,4,8H2,1-3H3,(H,18,22). The lowest BCUT2D eigenvalue weighted by Crippen LogP contribution is -2.30. The average Bonchev–Trinajstić information content (AvgIpc) is 2.83. The van der Waals surface area contributed by atoms with Crippen molar-refractivity contribution in [2.75, 3.05) is 12.4 Å². The van der Waals surface area contributed by atoms with Gasteiger partial charge in [-0.3, -0.25) is 4.68 Å². The van der Waals surface area contributed by atoms with Gasteiger partial charge in [-0.1, -0.05) is 11.6 Å². The summed E-state index contributed by atoms with van der Waals surface area (Å²) in [6.07, 6.45) is 2.02. The Morgan fingerprint density at radius 1 is 1.50 bits per heavy atom. The second-order valence-electron chi connectivity index (χ2n) is 5.01. The highest BCUT2D eigenvalue weighted by atomic mass is 35.5. The first-order chi connectivity index (χ1) is 10.4. The van der Waals surface area contributed by atoms with E-state index >= 15 is 0 Å². The zero-order valence-corrected chi connectivity index (χ0v) is 14.3. The summed E-state index contributed by atoms with van der Waals surface area (Å²) in [5.74, 6) is -0.450. The summed E-state index contributed by atoms with van der Waals surface area (Å²) in [4.78, 5) is 1.90. The van der Waals surface area contributed by atoms with E-state index in [1.165, 1.54) is 12.1 Å². The largest absolute Gasteiger partial charge is 0.348 e. The molecule has 1 heterocycles. The van der Waals surface area contributed by atoms with E-state index in [2.05, 4.69) is 10.4 Å². The summed E-state index contributed by atoms with van der Waals surface area (Å²) in [5, 5.41) is 8.06. The lowest BCUT2D eigenvalue weighted by atomic mass is 10.2. The number of nitrogens with one attached hydrogen (secondary N) is 1. The highest BCUT2D eigenvalue weighted by Crippen LogP contribution is 2.20. The van der Waals surface area contributed by atoms with Crippen LogP contribution in [0.1, 0.15) is 18.2 Å². The maximum Gasteiger partial charge on any atom is 0.173 e. The Kier molecular flexibility index (Phi) is 5.37. The van der Waals surface area contributed by atoms with Crippen LogP contribution in [0.2, 0.25) is 5.02 Å². The van der Waals surface area contributed by atoms with Gasteiger partial charge in [0, 0.05) is 37.6 Å². The Morgan fingerprint density at radius 3 is 2.82 bits per heavy atom. The van der Waals surface area contributed by atoms with Crippen LogP contribution in [0, 0.1) is 12.7 Å². The van der Waals surface area contributed by atoms with Gasteiger partial charge in [0.25, 0.3) is 0 Å². The molecule has 0 amide bonds. The van der Waals surface area contributed by atoms with Gasteiger partial charge in [-0.25, -0.2) is 4.39 Å². The van der Waals surface area contributed by atoms with Gasteiger partial charge < -0.3 is 10.2 Å². The fourth-order valence-corrected chi connectivity index (χ4v) is 2.36. The zero-order valence-electron chi connectivity index (χ0n) is 12.7. The molecular formula is C15H18ClFN4S. The van der Waals surface area contributed by atoms with Crippen molar-refractivity contribution in [3.05, 3.63) is 46.5 Å². The summed E-state index contributed by atoms with van der Waals surface area (Å²) in [6, 6.07) is 4.42. The van der Waals surface area contributed by atoms with Crippen LogP contribution in [0.3, 0.4) is 0 Å². The minimum Gasteiger partial charge on any atom is -0.348 e. The van der Waals surface area contributed by atoms with E-state index < -0.39 is 5.82 Å². The van der Waals surface area contributed by atoms with Gasteiger partial charge in [0.15, 0.2) is 5.11 Å². The van der Waals surface area contributed by atoms with Crippen LogP contribution in [0.5, 0.6) is 0 Å². The molecule has 0 aliphatic heterocycles. The summed E-state index contributed by atoms with van der Waals surface area (Å²) in [7, 11) is 1.89. The van der Waals surface area contributed by atoms with E-state index in [9.17, 15) is 4.39 Å². The second-order valence-corrected chi connectivity index (χ2v) is 5.80. The smallest absolute Gasteiger partial charge is 0.173 e. The maximum atomic E-state index is 13.2. The molecule has 4 nitrogen and oxygen atoms in total. The van der Waals surface area contributed by atoms with Crippen molar-refractivity contribution in [1.29, 1.82) is 0 Å². The molecule has 22 heavy (non-hydrogen) atoms. The Morgan fingerprint density at radius 2 is 2.23 bits per heavy atom. The lowest BCUT2D eigenvalue weighted by molar-refractivity contribution is 0.506. The number of anilines is 1. The number of aryl methyl sites for hydroxylation is 2. The minimum atomic E-state index is -0.450. The molecule has 0 bridgehead atoms. The Bertz CT molecular complexity index is 686. The van der Waals surface area contributed by atoms with Crippen LogP contribution in [-0.2, 0) is 13.1 Å². The molecule has 0 atom stereocenters. The Labute approximate surface area is 139 Å². The molecule has 0 saturated carbocycles. The normalized spacial score (nSPS) is 10.6. The number of hydrogen-bond acceptors (Lipinski definition) is 2. The van der Waals surface area contributed by atoms with Crippen molar-refractivity contribution in [2.45, 2.75) is 26.9 Å². The first-order valence-electron chi connectivity index (χ1n) is 6.90. The molecule has 1 aromatic heterocycles. The third kappa shape index (κ3) is 3.96. The third-order valence-electron chi connectivity index (χ3n) is 3.30. The van der Waals surface area contributed by atoms with E-state index in [0.717, 1.165) is 17.8 Å². The number of halogens is 2. The van der Waals surface area contributed by atoms with Gasteiger partial charge in [0.2, 0.25) is 0 Å². The summed E-state index contributed by atoms with van der Waals surface area (Å²) >= 11 is 11.1. The highest BCUT2D eigenvalue weighted by molar-refractivity contribution is 7.80. The topological polar surface area (TPSA) is 33.1 Å². The van der Waals surface area contributed by atoms with Gasteiger partial charge in [-0.2, -0.15) is 5.10 Å². The van der Waals surface area contributed by atoms with Crippen LogP contribution < -0.4 is 5.32 Å². The molecule has 0 fully saturated rings. The Hall–Kier alpha value is -1.66. The van der Waals surface area contributed by atoms with Crippen LogP contribution in [0.4, 0.5) is 10.1 Å². The molecule has 2 rings (SSSR count). The van der Waals surface area contributed by atoms with Gasteiger partial charge >= 0.3 is 0 Å². The van der Waals surface area contributed by atoms with Gasteiger partial charge in [0.1, 0.15) is 5.82 Å². The molecule has 1 N–H and O–H groups in total. The first-order valence-corrected chi connectivity index (χ1v) is 7.69. The second kappa shape index (κ2) is 7.07. The summed E-state index contributed by atoms with van der Waals surface area (Å²) in [5.41, 5.74) is 2.76. The van der Waals surface area contributed by atoms with E-state index in [1.54, 1.807) is 6.07 Å². The van der Waals surface area contributed by atoms with Crippen molar-refractivity contribution in [2.24, 2.45) is 0 Å². The predicted molar refractivity (Wildman–Crippen MR) is 91.7 cm³/mol. The van der Waals surface area contributed by atoms with Crippen LogP contribution in [-0.4, -0.2) is 26.8 Å². The van der Waals surface area contributed by atoms with E-state index in [4.69, 9.17) is 23.8 Å². The van der Waals surface area contributed by atoms with Gasteiger partial charge in [0.05, 0.1) is 10.7 Å². The average molecular weight is 341 g/mol. The number of thiocarbonyl (C=S) groups is 1. The van der Waals surface area contributed by atoms with Gasteiger partial charge in [-0.15, -0.1) is 0 Å². The van der Waals surface area contributed by atoms with Gasteiger partial charge in [-0.05, 0) is 44.3 Å². The fourth-order valence-electron chi connectivity index (χ4n) is 2.00. The summed E-state index contributed by atoms with van der Waals surface area (Å²) in [6.45, 7) is 5.50. The molecule has 0 unspecified atom stereocenters. The van der Waals surface area contributed by atoms with Crippen LogP contribution in [0.15, 0.2) is 24.4 Å². The van der Waals surface area contributed by atoms with Crippen LogP contribution in [0.25, 0.3) is 0 Å². The van der Waals surface area contributed by atoms with Crippen LogP contribution >= 0.6 is 23.8 Å². The number of aromatic nitrogens is 2. The molecule has 0 radical (unpaired) electrons. The number of nitrogens with zero attached hydrogens (tertiary/aromatic N) is 3. The number of benzene rings is 1. The van der Waals surface area contributed by atoms with Crippen molar-refractivity contribution in [3.8, 4) is 0 Å². The van der Waals surface area contributed by atoms with E-state index in [1.807, 2.05) is 36.7 Å². The van der Waals surface area contributed by atoms with Crippen molar-refractivity contribution >= 4 is 34.6 Å². The fraction of sp³-hybridized carbons (Fsp3) is 0.333. The third-order valence-corrected chi connectivity index (χ3v) is 4.00. The quantitative estimate of drug-likeness (QED) is 0.857. The number of rotatable bonds is 4. The zero-order chi connectivity index (χ0) is 16.3. The number of hydrogen-bond donors (Lipinski definition) is 1. The molecule has 1 aromatic carbocycles. The minimum absolute atomic E-state index is 0.0653. The molecule has 0 aliphatic carbocycles. The molecule has 2 aromatic rings. The molecule has 0 spiro atoms. The molecular weight excluding hydrogens is 323 g/mol. The lowest BCUT2D eigenvalue weighted by Gasteiger charge is -2.21. The monoisotopic (exact) mass is 340 g/mol. The first kappa shape index (κ1) is 16.7. The maximum absolute atomic E-state index is 13.2. The molecule has 0 saturated heterocycles. The molecule has 7 heteroatoms. The highest BCUT2D eigenvalue weighted by Gasteiger charge is 2.11. The Balaban J connectivity index is 2.02. The van der Waals surface area contributed by atoms with Crippen molar-refractivity contribution in [1.82, 2.24) is 14.7 Å². The molecule has 0 aliphatic rings. The van der Waals surface area contributed by atoms with Crippen molar-refractivity contribution in [3.63, 3.8) is 0 Å². The van der Waals surface area contributed by atoms with Crippen molar-refractivity contribution < 1.29 is 4.39 Å². The SMILES string of the molecule is CCn1cc(CN(C)C(=S)Nc2ccc(F)c(Cl)c2)c(C)n1. The summed E-state index contributed by atoms with van der Waals surface area (Å²) < 4.78 is 15.0. The molecule has 118 valence electrons. The predicted octanol–water partition coefficient (Wildman–Crippen LogP) is 3.83.